The standard InChI is InChI=1S/C17H25N3O/c1-4-19-9-7-13(8-10-19)20-15-6-5-12(18)11-14(15)17(2,3)16(20)21/h5-6,11,13H,4,7-10,18H2,1-3H3. The number of anilines is 2. The average Bonchev–Trinajstić information content (AvgIpc) is 2.67. The lowest BCUT2D eigenvalue weighted by Gasteiger charge is -2.37. The maximum atomic E-state index is 12.9. The maximum Gasteiger partial charge on any atom is 0.237 e. The van der Waals surface area contributed by atoms with Gasteiger partial charge in [-0.15, -0.1) is 0 Å². The number of nitrogen functional groups attached to an aromatic ring is 1. The highest BCUT2D eigenvalue weighted by Gasteiger charge is 2.46. The Morgan fingerprint density at radius 1 is 1.29 bits per heavy atom. The van der Waals surface area contributed by atoms with Gasteiger partial charge in [-0.1, -0.05) is 6.92 Å². The number of nitrogens with two attached hydrogens (primary N) is 1. The van der Waals surface area contributed by atoms with Crippen molar-refractivity contribution < 1.29 is 4.79 Å². The van der Waals surface area contributed by atoms with Crippen molar-refractivity contribution in [3.05, 3.63) is 23.8 Å². The Hall–Kier alpha value is -1.55. The molecule has 0 aromatic heterocycles. The fraction of sp³-hybridized carbons (Fsp3) is 0.588. The van der Waals surface area contributed by atoms with Gasteiger partial charge in [-0.3, -0.25) is 4.79 Å². The van der Waals surface area contributed by atoms with Crippen LogP contribution < -0.4 is 10.6 Å². The van der Waals surface area contributed by atoms with Crippen LogP contribution in [0.3, 0.4) is 0 Å². The third-order valence-electron chi connectivity index (χ3n) is 5.08. The van der Waals surface area contributed by atoms with Crippen LogP contribution in [0.15, 0.2) is 18.2 Å². The Bertz CT molecular complexity index is 559. The number of nitrogens with zero attached hydrogens (tertiary/aromatic N) is 2. The third-order valence-corrected chi connectivity index (χ3v) is 5.08. The molecule has 4 heteroatoms. The van der Waals surface area contributed by atoms with E-state index in [9.17, 15) is 4.79 Å². The molecular weight excluding hydrogens is 262 g/mol. The fourth-order valence-corrected chi connectivity index (χ4v) is 3.65. The summed E-state index contributed by atoms with van der Waals surface area (Å²) >= 11 is 0. The molecule has 0 aliphatic carbocycles. The molecule has 0 bridgehead atoms. The van der Waals surface area contributed by atoms with Gasteiger partial charge in [0.1, 0.15) is 0 Å². The first kappa shape index (κ1) is 14.4. The molecule has 3 rings (SSSR count). The summed E-state index contributed by atoms with van der Waals surface area (Å²) in [6, 6.07) is 6.21. The molecule has 0 radical (unpaired) electrons. The minimum absolute atomic E-state index is 0.220. The number of amides is 1. The first-order valence-corrected chi connectivity index (χ1v) is 7.91. The highest BCUT2D eigenvalue weighted by atomic mass is 16.2. The topological polar surface area (TPSA) is 49.6 Å². The van der Waals surface area contributed by atoms with E-state index >= 15 is 0 Å². The van der Waals surface area contributed by atoms with E-state index < -0.39 is 5.41 Å². The number of piperidine rings is 1. The number of hydrogen-bond acceptors (Lipinski definition) is 3. The number of hydrogen-bond donors (Lipinski definition) is 1. The van der Waals surface area contributed by atoms with Gasteiger partial charge >= 0.3 is 0 Å². The van der Waals surface area contributed by atoms with Gasteiger partial charge in [0, 0.05) is 30.5 Å². The van der Waals surface area contributed by atoms with Gasteiger partial charge < -0.3 is 15.5 Å². The monoisotopic (exact) mass is 287 g/mol. The molecule has 2 aliphatic rings. The SMILES string of the molecule is CCN1CCC(N2C(=O)C(C)(C)c3cc(N)ccc32)CC1. The fourth-order valence-electron chi connectivity index (χ4n) is 3.65. The summed E-state index contributed by atoms with van der Waals surface area (Å²) in [6.07, 6.45) is 2.11. The van der Waals surface area contributed by atoms with E-state index in [1.807, 2.05) is 36.9 Å². The number of benzene rings is 1. The molecule has 1 saturated heterocycles. The average molecular weight is 287 g/mol. The molecule has 4 nitrogen and oxygen atoms in total. The highest BCUT2D eigenvalue weighted by molar-refractivity contribution is 6.08. The molecule has 0 atom stereocenters. The number of carbonyl (C=O) groups excluding carboxylic acids is 1. The van der Waals surface area contributed by atoms with Crippen molar-refractivity contribution in [2.75, 3.05) is 30.3 Å². The molecule has 114 valence electrons. The zero-order valence-corrected chi connectivity index (χ0v) is 13.2. The van der Waals surface area contributed by atoms with Crippen LogP contribution in [0.2, 0.25) is 0 Å². The van der Waals surface area contributed by atoms with E-state index in [4.69, 9.17) is 5.73 Å². The van der Waals surface area contributed by atoms with Crippen LogP contribution in [0, 0.1) is 0 Å². The molecule has 0 spiro atoms. The molecule has 1 aromatic carbocycles. The summed E-state index contributed by atoms with van der Waals surface area (Å²) in [5.41, 5.74) is 8.33. The predicted octanol–water partition coefficient (Wildman–Crippen LogP) is 2.38. The summed E-state index contributed by atoms with van der Waals surface area (Å²) in [5.74, 6) is 0.220. The predicted molar refractivity (Wildman–Crippen MR) is 86.5 cm³/mol. The van der Waals surface area contributed by atoms with E-state index in [1.165, 1.54) is 0 Å². The van der Waals surface area contributed by atoms with Crippen molar-refractivity contribution in [1.29, 1.82) is 0 Å². The van der Waals surface area contributed by atoms with Gasteiger partial charge in [0.25, 0.3) is 0 Å². The molecule has 2 N–H and O–H groups in total. The molecule has 1 amide bonds. The van der Waals surface area contributed by atoms with Crippen LogP contribution in [-0.4, -0.2) is 36.5 Å². The molecule has 2 aliphatic heterocycles. The highest BCUT2D eigenvalue weighted by Crippen LogP contribution is 2.44. The van der Waals surface area contributed by atoms with Gasteiger partial charge in [-0.2, -0.15) is 0 Å². The van der Waals surface area contributed by atoms with Crippen LogP contribution in [0.4, 0.5) is 11.4 Å². The number of carbonyl (C=O) groups is 1. The minimum Gasteiger partial charge on any atom is -0.399 e. The second kappa shape index (κ2) is 5.02. The van der Waals surface area contributed by atoms with Crippen molar-refractivity contribution in [2.24, 2.45) is 0 Å². The van der Waals surface area contributed by atoms with Crippen LogP contribution >= 0.6 is 0 Å². The maximum absolute atomic E-state index is 12.9. The van der Waals surface area contributed by atoms with E-state index in [0.717, 1.165) is 49.4 Å². The van der Waals surface area contributed by atoms with Gasteiger partial charge in [0.05, 0.1) is 5.41 Å². The van der Waals surface area contributed by atoms with Crippen LogP contribution in [0.5, 0.6) is 0 Å². The third kappa shape index (κ3) is 2.22. The summed E-state index contributed by atoms with van der Waals surface area (Å²) in [7, 11) is 0. The lowest BCUT2D eigenvalue weighted by atomic mass is 9.86. The Kier molecular flexibility index (Phi) is 3.44. The zero-order valence-electron chi connectivity index (χ0n) is 13.2. The second-order valence-electron chi connectivity index (χ2n) is 6.74. The Morgan fingerprint density at radius 3 is 2.57 bits per heavy atom. The van der Waals surface area contributed by atoms with Crippen LogP contribution in [-0.2, 0) is 10.2 Å². The number of rotatable bonds is 2. The Morgan fingerprint density at radius 2 is 1.95 bits per heavy atom. The lowest BCUT2D eigenvalue weighted by Crippen LogP contribution is -2.48. The molecule has 21 heavy (non-hydrogen) atoms. The largest absolute Gasteiger partial charge is 0.399 e. The van der Waals surface area contributed by atoms with Crippen LogP contribution in [0.1, 0.15) is 39.2 Å². The Balaban J connectivity index is 1.92. The zero-order chi connectivity index (χ0) is 15.2. The summed E-state index contributed by atoms with van der Waals surface area (Å²) in [5, 5.41) is 0. The number of fused-ring (bicyclic) bond motifs is 1. The van der Waals surface area contributed by atoms with Crippen molar-refractivity contribution >= 4 is 17.3 Å². The van der Waals surface area contributed by atoms with Crippen molar-refractivity contribution in [3.8, 4) is 0 Å². The summed E-state index contributed by atoms with van der Waals surface area (Å²) in [6.45, 7) is 9.47. The lowest BCUT2D eigenvalue weighted by molar-refractivity contribution is -0.122. The van der Waals surface area contributed by atoms with Crippen LogP contribution in [0.25, 0.3) is 0 Å². The van der Waals surface area contributed by atoms with Crippen molar-refractivity contribution in [1.82, 2.24) is 4.90 Å². The first-order chi connectivity index (χ1) is 9.95. The summed E-state index contributed by atoms with van der Waals surface area (Å²) < 4.78 is 0. The van der Waals surface area contributed by atoms with Crippen molar-refractivity contribution in [3.63, 3.8) is 0 Å². The van der Waals surface area contributed by atoms with E-state index in [2.05, 4.69) is 11.8 Å². The number of likely N-dealkylation sites (tertiary alicyclic amines) is 1. The molecule has 1 aromatic rings. The van der Waals surface area contributed by atoms with Gasteiger partial charge in [0.2, 0.25) is 5.91 Å². The van der Waals surface area contributed by atoms with E-state index in [1.54, 1.807) is 0 Å². The van der Waals surface area contributed by atoms with Gasteiger partial charge in [-0.25, -0.2) is 0 Å². The van der Waals surface area contributed by atoms with E-state index in [-0.39, 0.29) is 5.91 Å². The molecule has 0 saturated carbocycles. The normalized spacial score (nSPS) is 22.6. The Labute approximate surface area is 126 Å². The molecular formula is C17H25N3O. The summed E-state index contributed by atoms with van der Waals surface area (Å²) in [4.78, 5) is 17.4. The quantitative estimate of drug-likeness (QED) is 0.850. The van der Waals surface area contributed by atoms with Gasteiger partial charge in [0.15, 0.2) is 0 Å². The second-order valence-corrected chi connectivity index (χ2v) is 6.74. The van der Waals surface area contributed by atoms with E-state index in [0.29, 0.717) is 6.04 Å². The smallest absolute Gasteiger partial charge is 0.237 e. The van der Waals surface area contributed by atoms with Gasteiger partial charge in [-0.05, 0) is 57.0 Å². The molecule has 0 unspecified atom stereocenters. The first-order valence-electron chi connectivity index (χ1n) is 7.91. The minimum atomic E-state index is -0.466. The molecule has 2 heterocycles. The van der Waals surface area contributed by atoms with Crippen molar-refractivity contribution in [2.45, 2.75) is 45.1 Å². The molecule has 1 fully saturated rings.